The number of nitrogens with one attached hydrogen (secondary N) is 1. The molecule has 1 aliphatic rings. The van der Waals surface area contributed by atoms with Crippen LogP contribution in [-0.4, -0.2) is 15.1 Å². The summed E-state index contributed by atoms with van der Waals surface area (Å²) in [7, 11) is 0. The first-order valence-corrected chi connectivity index (χ1v) is 6.45. The molecule has 0 spiro atoms. The number of nitrogens with zero attached hydrogens (tertiary/aromatic N) is 3. The van der Waals surface area contributed by atoms with Gasteiger partial charge in [-0.15, -0.1) is 0 Å². The van der Waals surface area contributed by atoms with Gasteiger partial charge >= 0.3 is 0 Å². The van der Waals surface area contributed by atoms with Crippen molar-refractivity contribution in [2.45, 2.75) is 32.2 Å². The second kappa shape index (κ2) is 4.92. The molecule has 0 aliphatic heterocycles. The van der Waals surface area contributed by atoms with Crippen LogP contribution in [0.1, 0.15) is 36.0 Å². The fourth-order valence-corrected chi connectivity index (χ4v) is 2.03. The van der Waals surface area contributed by atoms with Crippen LogP contribution in [0.2, 0.25) is 0 Å². The van der Waals surface area contributed by atoms with Gasteiger partial charge in [0.15, 0.2) is 5.82 Å². The molecule has 0 bridgehead atoms. The molecule has 1 heterocycles. The number of hydrogen-bond acceptors (Lipinski definition) is 6. The SMILES string of the molecule is Cc1c(NCc2nc(C3CC3)no2)cccc1[N+](=O)[O-]. The lowest BCUT2D eigenvalue weighted by molar-refractivity contribution is -0.385. The average Bonchev–Trinajstić information content (AvgIpc) is 3.17. The molecule has 0 radical (unpaired) electrons. The number of rotatable bonds is 5. The average molecular weight is 274 g/mol. The smallest absolute Gasteiger partial charge is 0.274 e. The minimum absolute atomic E-state index is 0.0965. The number of nitro groups is 1. The Morgan fingerprint density at radius 2 is 2.30 bits per heavy atom. The summed E-state index contributed by atoms with van der Waals surface area (Å²) in [4.78, 5) is 14.8. The summed E-state index contributed by atoms with van der Waals surface area (Å²) in [5.41, 5.74) is 1.39. The van der Waals surface area contributed by atoms with Crippen molar-refractivity contribution in [1.82, 2.24) is 10.1 Å². The Kier molecular flexibility index (Phi) is 3.09. The molecule has 20 heavy (non-hydrogen) atoms. The van der Waals surface area contributed by atoms with E-state index in [1.54, 1.807) is 19.1 Å². The Labute approximate surface area is 115 Å². The zero-order valence-electron chi connectivity index (χ0n) is 11.0. The van der Waals surface area contributed by atoms with Gasteiger partial charge in [0, 0.05) is 23.2 Å². The quantitative estimate of drug-likeness (QED) is 0.665. The van der Waals surface area contributed by atoms with E-state index in [1.807, 2.05) is 0 Å². The van der Waals surface area contributed by atoms with Crippen LogP contribution in [0.15, 0.2) is 22.7 Å². The molecule has 104 valence electrons. The molecule has 0 saturated heterocycles. The Bertz CT molecular complexity index is 649. The molecule has 0 atom stereocenters. The maximum Gasteiger partial charge on any atom is 0.274 e. The minimum atomic E-state index is -0.390. The largest absolute Gasteiger partial charge is 0.376 e. The van der Waals surface area contributed by atoms with Crippen LogP contribution in [0, 0.1) is 17.0 Å². The Morgan fingerprint density at radius 1 is 1.50 bits per heavy atom. The third-order valence-electron chi connectivity index (χ3n) is 3.36. The maximum atomic E-state index is 10.9. The van der Waals surface area contributed by atoms with E-state index in [1.165, 1.54) is 6.07 Å². The molecule has 7 heteroatoms. The van der Waals surface area contributed by atoms with E-state index < -0.39 is 4.92 Å². The van der Waals surface area contributed by atoms with Crippen LogP contribution >= 0.6 is 0 Å². The summed E-state index contributed by atoms with van der Waals surface area (Å²) in [5.74, 6) is 1.71. The summed E-state index contributed by atoms with van der Waals surface area (Å²) in [5, 5.41) is 17.9. The summed E-state index contributed by atoms with van der Waals surface area (Å²) in [6.45, 7) is 2.08. The molecule has 1 aliphatic carbocycles. The number of hydrogen-bond donors (Lipinski definition) is 1. The minimum Gasteiger partial charge on any atom is -0.376 e. The van der Waals surface area contributed by atoms with Gasteiger partial charge in [0.25, 0.3) is 5.69 Å². The molecule has 0 amide bonds. The highest BCUT2D eigenvalue weighted by Gasteiger charge is 2.28. The van der Waals surface area contributed by atoms with Crippen molar-refractivity contribution in [3.8, 4) is 0 Å². The van der Waals surface area contributed by atoms with Gasteiger partial charge in [0.05, 0.1) is 11.5 Å². The summed E-state index contributed by atoms with van der Waals surface area (Å²) < 4.78 is 5.15. The molecule has 1 aromatic carbocycles. The van der Waals surface area contributed by atoms with Crippen molar-refractivity contribution < 1.29 is 9.45 Å². The lowest BCUT2D eigenvalue weighted by atomic mass is 10.1. The monoisotopic (exact) mass is 274 g/mol. The topological polar surface area (TPSA) is 94.1 Å². The third kappa shape index (κ3) is 2.47. The van der Waals surface area contributed by atoms with Gasteiger partial charge in [-0.2, -0.15) is 4.98 Å². The standard InChI is InChI=1S/C13H14N4O3/c1-8-10(3-2-4-11(8)17(18)19)14-7-12-15-13(16-20-12)9-5-6-9/h2-4,9,14H,5-7H2,1H3. The van der Waals surface area contributed by atoms with Crippen LogP contribution in [0.5, 0.6) is 0 Å². The van der Waals surface area contributed by atoms with Crippen molar-refractivity contribution in [2.24, 2.45) is 0 Å². The molecule has 1 N–H and O–H groups in total. The number of anilines is 1. The van der Waals surface area contributed by atoms with Gasteiger partial charge < -0.3 is 9.84 Å². The Balaban J connectivity index is 1.71. The molecule has 1 aromatic heterocycles. The van der Waals surface area contributed by atoms with Crippen molar-refractivity contribution in [3.05, 3.63) is 45.6 Å². The maximum absolute atomic E-state index is 10.9. The van der Waals surface area contributed by atoms with Gasteiger partial charge in [-0.1, -0.05) is 11.2 Å². The molecule has 1 saturated carbocycles. The van der Waals surface area contributed by atoms with Gasteiger partial charge in [0.1, 0.15) is 0 Å². The predicted molar refractivity (Wildman–Crippen MR) is 71.4 cm³/mol. The van der Waals surface area contributed by atoms with E-state index in [0.29, 0.717) is 29.6 Å². The normalized spacial score (nSPS) is 14.2. The predicted octanol–water partition coefficient (Wildman–Crippen LogP) is 2.78. The number of aromatic nitrogens is 2. The van der Waals surface area contributed by atoms with Crippen LogP contribution < -0.4 is 5.32 Å². The second-order valence-electron chi connectivity index (χ2n) is 4.88. The van der Waals surface area contributed by atoms with Gasteiger partial charge in [0.2, 0.25) is 5.89 Å². The van der Waals surface area contributed by atoms with E-state index in [-0.39, 0.29) is 5.69 Å². The van der Waals surface area contributed by atoms with Crippen molar-refractivity contribution >= 4 is 11.4 Å². The highest BCUT2D eigenvalue weighted by atomic mass is 16.6. The second-order valence-corrected chi connectivity index (χ2v) is 4.88. The van der Waals surface area contributed by atoms with E-state index in [2.05, 4.69) is 15.5 Å². The van der Waals surface area contributed by atoms with Gasteiger partial charge in [-0.25, -0.2) is 0 Å². The molecular weight excluding hydrogens is 260 g/mol. The van der Waals surface area contributed by atoms with E-state index >= 15 is 0 Å². The molecule has 1 fully saturated rings. The fourth-order valence-electron chi connectivity index (χ4n) is 2.03. The van der Waals surface area contributed by atoms with E-state index in [4.69, 9.17) is 4.52 Å². The first-order valence-electron chi connectivity index (χ1n) is 6.45. The summed E-state index contributed by atoms with van der Waals surface area (Å²) in [6.07, 6.45) is 2.24. The summed E-state index contributed by atoms with van der Waals surface area (Å²) >= 11 is 0. The van der Waals surface area contributed by atoms with Crippen LogP contribution in [0.3, 0.4) is 0 Å². The van der Waals surface area contributed by atoms with Gasteiger partial charge in [-0.05, 0) is 25.8 Å². The molecule has 2 aromatic rings. The highest BCUT2D eigenvalue weighted by molar-refractivity contribution is 5.59. The van der Waals surface area contributed by atoms with Crippen molar-refractivity contribution in [2.75, 3.05) is 5.32 Å². The Morgan fingerprint density at radius 3 is 3.00 bits per heavy atom. The molecule has 7 nitrogen and oxygen atoms in total. The summed E-state index contributed by atoms with van der Waals surface area (Å²) in [6, 6.07) is 4.93. The molecular formula is C13H14N4O3. The molecule has 3 rings (SSSR count). The molecule has 0 unspecified atom stereocenters. The van der Waals surface area contributed by atoms with Crippen LogP contribution in [-0.2, 0) is 6.54 Å². The van der Waals surface area contributed by atoms with Gasteiger partial charge in [-0.3, -0.25) is 10.1 Å². The first-order chi connectivity index (χ1) is 9.65. The highest BCUT2D eigenvalue weighted by Crippen LogP contribution is 2.38. The van der Waals surface area contributed by atoms with Crippen LogP contribution in [0.4, 0.5) is 11.4 Å². The van der Waals surface area contributed by atoms with Crippen LogP contribution in [0.25, 0.3) is 0 Å². The lowest BCUT2D eigenvalue weighted by Crippen LogP contribution is -2.03. The lowest BCUT2D eigenvalue weighted by Gasteiger charge is -2.07. The number of benzene rings is 1. The zero-order chi connectivity index (χ0) is 14.1. The van der Waals surface area contributed by atoms with Crippen molar-refractivity contribution in [3.63, 3.8) is 0 Å². The third-order valence-corrected chi connectivity index (χ3v) is 3.36. The Hall–Kier alpha value is -2.44. The first kappa shape index (κ1) is 12.6. The van der Waals surface area contributed by atoms with Crippen molar-refractivity contribution in [1.29, 1.82) is 0 Å². The zero-order valence-corrected chi connectivity index (χ0v) is 11.0. The van der Waals surface area contributed by atoms with E-state index in [9.17, 15) is 10.1 Å². The number of nitro benzene ring substituents is 1. The van der Waals surface area contributed by atoms with E-state index in [0.717, 1.165) is 18.7 Å². The fraction of sp³-hybridized carbons (Fsp3) is 0.385.